The smallest absolute Gasteiger partial charge is 0.129 e. The molecule has 110 valence electrons. The third kappa shape index (κ3) is 3.52. The van der Waals surface area contributed by atoms with E-state index in [0.29, 0.717) is 0 Å². The van der Waals surface area contributed by atoms with Gasteiger partial charge in [-0.05, 0) is 36.1 Å². The van der Waals surface area contributed by atoms with Gasteiger partial charge in [-0.15, -0.1) is 0 Å². The van der Waals surface area contributed by atoms with Crippen LogP contribution >= 0.6 is 0 Å². The minimum atomic E-state index is 0.801. The molecule has 2 aromatic rings. The summed E-state index contributed by atoms with van der Waals surface area (Å²) in [6.45, 7) is 2.74. The second kappa shape index (κ2) is 6.59. The number of nitrogen functional groups attached to an aromatic ring is 1. The first-order valence-electron chi connectivity index (χ1n) is 7.60. The zero-order valence-electron chi connectivity index (χ0n) is 12.2. The van der Waals surface area contributed by atoms with Crippen molar-refractivity contribution in [3.05, 3.63) is 53.2 Å². The molecule has 1 aliphatic heterocycles. The first kappa shape index (κ1) is 13.9. The Morgan fingerprint density at radius 1 is 1.19 bits per heavy atom. The quantitative estimate of drug-likeness (QED) is 0.582. The fourth-order valence-corrected chi connectivity index (χ4v) is 2.64. The molecule has 0 aliphatic carbocycles. The number of nitrogens with zero attached hydrogens (tertiary/aromatic N) is 1. The van der Waals surface area contributed by atoms with Crippen LogP contribution < -0.4 is 16.4 Å². The van der Waals surface area contributed by atoms with E-state index in [2.05, 4.69) is 28.8 Å². The Bertz CT molecular complexity index is 609. The lowest BCUT2D eigenvalue weighted by Gasteiger charge is -2.17. The average molecular weight is 282 g/mol. The molecule has 1 aromatic heterocycles. The van der Waals surface area contributed by atoms with Gasteiger partial charge in [0, 0.05) is 37.4 Å². The molecule has 0 bridgehead atoms. The Hall–Kier alpha value is -2.07. The number of nitrogens with two attached hydrogens (primary N) is 1. The Balaban J connectivity index is 1.50. The van der Waals surface area contributed by atoms with Gasteiger partial charge in [0.15, 0.2) is 0 Å². The monoisotopic (exact) mass is 282 g/mol. The Morgan fingerprint density at radius 3 is 3.00 bits per heavy atom. The van der Waals surface area contributed by atoms with Crippen molar-refractivity contribution in [2.24, 2.45) is 0 Å². The van der Waals surface area contributed by atoms with E-state index in [1.54, 1.807) is 0 Å². The number of fused-ring (bicyclic) bond motifs is 1. The summed E-state index contributed by atoms with van der Waals surface area (Å²) in [6, 6.07) is 12.3. The summed E-state index contributed by atoms with van der Waals surface area (Å²) >= 11 is 0. The fraction of sp³-hybridized carbons (Fsp3) is 0.353. The standard InChI is InChI=1S/C17H22N4/c18-16-6-2-1-4-14(16)12-19-11-9-15-8-7-13-5-3-10-20-17(13)21-15/h1-2,4,6-8,19H,3,5,9-12,18H2,(H,20,21). The normalized spacial score (nSPS) is 13.5. The van der Waals surface area contributed by atoms with Crippen LogP contribution in [0.5, 0.6) is 0 Å². The van der Waals surface area contributed by atoms with Gasteiger partial charge in [-0.1, -0.05) is 24.3 Å². The van der Waals surface area contributed by atoms with Crippen LogP contribution in [0.3, 0.4) is 0 Å². The van der Waals surface area contributed by atoms with E-state index in [4.69, 9.17) is 10.7 Å². The van der Waals surface area contributed by atoms with Crippen LogP contribution in [-0.4, -0.2) is 18.1 Å². The summed E-state index contributed by atoms with van der Waals surface area (Å²) < 4.78 is 0. The summed E-state index contributed by atoms with van der Waals surface area (Å²) in [7, 11) is 0. The highest BCUT2D eigenvalue weighted by atomic mass is 15.0. The van der Waals surface area contributed by atoms with Crippen molar-refractivity contribution in [2.45, 2.75) is 25.8 Å². The molecule has 2 heterocycles. The minimum Gasteiger partial charge on any atom is -0.398 e. The lowest BCUT2D eigenvalue weighted by molar-refractivity contribution is 0.679. The van der Waals surface area contributed by atoms with Gasteiger partial charge in [-0.3, -0.25) is 0 Å². The number of hydrogen-bond acceptors (Lipinski definition) is 4. The summed E-state index contributed by atoms with van der Waals surface area (Å²) in [5.41, 5.74) is 10.4. The van der Waals surface area contributed by atoms with Gasteiger partial charge in [-0.2, -0.15) is 0 Å². The molecule has 0 atom stereocenters. The number of pyridine rings is 1. The zero-order valence-corrected chi connectivity index (χ0v) is 12.2. The number of aromatic nitrogens is 1. The number of para-hydroxylation sites is 1. The third-order valence-electron chi connectivity index (χ3n) is 3.88. The number of benzene rings is 1. The molecule has 0 unspecified atom stereocenters. The van der Waals surface area contributed by atoms with E-state index in [9.17, 15) is 0 Å². The Kier molecular flexibility index (Phi) is 4.36. The van der Waals surface area contributed by atoms with E-state index in [-0.39, 0.29) is 0 Å². The second-order valence-corrected chi connectivity index (χ2v) is 5.47. The first-order valence-corrected chi connectivity index (χ1v) is 7.60. The molecule has 1 aliphatic rings. The predicted octanol–water partition coefficient (Wildman–Crippen LogP) is 2.35. The van der Waals surface area contributed by atoms with E-state index in [0.717, 1.165) is 55.2 Å². The predicted molar refractivity (Wildman–Crippen MR) is 87.3 cm³/mol. The van der Waals surface area contributed by atoms with Crippen LogP contribution in [0.1, 0.15) is 23.2 Å². The Morgan fingerprint density at radius 2 is 2.10 bits per heavy atom. The highest BCUT2D eigenvalue weighted by Crippen LogP contribution is 2.19. The summed E-state index contributed by atoms with van der Waals surface area (Å²) in [4.78, 5) is 4.70. The van der Waals surface area contributed by atoms with Gasteiger partial charge in [0.25, 0.3) is 0 Å². The average Bonchev–Trinajstić information content (AvgIpc) is 2.53. The highest BCUT2D eigenvalue weighted by Gasteiger charge is 2.09. The molecule has 4 N–H and O–H groups in total. The molecule has 0 fully saturated rings. The molecular weight excluding hydrogens is 260 g/mol. The fourth-order valence-electron chi connectivity index (χ4n) is 2.64. The molecule has 0 saturated carbocycles. The molecule has 0 radical (unpaired) electrons. The summed E-state index contributed by atoms with van der Waals surface area (Å²) in [5.74, 6) is 1.08. The van der Waals surface area contributed by atoms with Gasteiger partial charge in [0.2, 0.25) is 0 Å². The van der Waals surface area contributed by atoms with Crippen LogP contribution in [0.2, 0.25) is 0 Å². The van der Waals surface area contributed by atoms with Gasteiger partial charge < -0.3 is 16.4 Å². The highest BCUT2D eigenvalue weighted by molar-refractivity contribution is 5.47. The lowest BCUT2D eigenvalue weighted by Crippen LogP contribution is -2.19. The topological polar surface area (TPSA) is 63.0 Å². The molecule has 4 nitrogen and oxygen atoms in total. The number of nitrogens with one attached hydrogen (secondary N) is 2. The van der Waals surface area contributed by atoms with E-state index in [1.165, 1.54) is 12.0 Å². The van der Waals surface area contributed by atoms with Gasteiger partial charge >= 0.3 is 0 Å². The van der Waals surface area contributed by atoms with E-state index < -0.39 is 0 Å². The minimum absolute atomic E-state index is 0.801. The van der Waals surface area contributed by atoms with Crippen LogP contribution in [0.15, 0.2) is 36.4 Å². The molecule has 3 rings (SSSR count). The summed E-state index contributed by atoms with van der Waals surface area (Å²) in [5, 5.41) is 6.81. The molecule has 1 aromatic carbocycles. The van der Waals surface area contributed by atoms with Crippen molar-refractivity contribution < 1.29 is 0 Å². The number of aryl methyl sites for hydroxylation is 1. The SMILES string of the molecule is Nc1ccccc1CNCCc1ccc2c(n1)NCCC2. The van der Waals surface area contributed by atoms with Gasteiger partial charge in [0.1, 0.15) is 5.82 Å². The Labute approximate surface area is 125 Å². The molecule has 0 saturated heterocycles. The van der Waals surface area contributed by atoms with Crippen molar-refractivity contribution in [1.29, 1.82) is 0 Å². The number of anilines is 2. The maximum Gasteiger partial charge on any atom is 0.129 e. The van der Waals surface area contributed by atoms with Crippen molar-refractivity contribution in [1.82, 2.24) is 10.3 Å². The zero-order chi connectivity index (χ0) is 14.5. The van der Waals surface area contributed by atoms with Gasteiger partial charge in [-0.25, -0.2) is 4.98 Å². The number of rotatable bonds is 5. The molecule has 4 heteroatoms. The van der Waals surface area contributed by atoms with Crippen LogP contribution in [-0.2, 0) is 19.4 Å². The summed E-state index contributed by atoms with van der Waals surface area (Å²) in [6.07, 6.45) is 3.27. The largest absolute Gasteiger partial charge is 0.398 e. The third-order valence-corrected chi connectivity index (χ3v) is 3.88. The van der Waals surface area contributed by atoms with Crippen LogP contribution in [0.4, 0.5) is 11.5 Å². The van der Waals surface area contributed by atoms with Crippen LogP contribution in [0.25, 0.3) is 0 Å². The number of hydrogen-bond donors (Lipinski definition) is 3. The molecular formula is C17H22N4. The molecule has 21 heavy (non-hydrogen) atoms. The lowest BCUT2D eigenvalue weighted by atomic mass is 10.1. The van der Waals surface area contributed by atoms with E-state index >= 15 is 0 Å². The molecule has 0 amide bonds. The maximum atomic E-state index is 5.93. The van der Waals surface area contributed by atoms with Crippen LogP contribution in [0, 0.1) is 0 Å². The maximum absolute atomic E-state index is 5.93. The van der Waals surface area contributed by atoms with E-state index in [1.807, 2.05) is 18.2 Å². The van der Waals surface area contributed by atoms with Crippen molar-refractivity contribution in [2.75, 3.05) is 24.1 Å². The first-order chi connectivity index (χ1) is 10.3. The second-order valence-electron chi connectivity index (χ2n) is 5.47. The molecule has 0 spiro atoms. The van der Waals surface area contributed by atoms with Crippen molar-refractivity contribution in [3.63, 3.8) is 0 Å². The van der Waals surface area contributed by atoms with Crippen molar-refractivity contribution >= 4 is 11.5 Å². The van der Waals surface area contributed by atoms with Gasteiger partial charge in [0.05, 0.1) is 0 Å². The van der Waals surface area contributed by atoms with Crippen molar-refractivity contribution in [3.8, 4) is 0 Å².